The number of hydroxylamine groups is 2. The first kappa shape index (κ1) is 14.9. The average molecular weight is 271 g/mol. The molecule has 19 heavy (non-hydrogen) atoms. The van der Waals surface area contributed by atoms with E-state index in [0.717, 1.165) is 24.8 Å². The first-order valence-electron chi connectivity index (χ1n) is 7.16. The topological polar surface area (TPSA) is 62.2 Å². The minimum Gasteiger partial charge on any atom is -0.391 e. The van der Waals surface area contributed by atoms with Crippen LogP contribution < -0.4 is 0 Å². The Balaban J connectivity index is 2.04. The van der Waals surface area contributed by atoms with E-state index in [-0.39, 0.29) is 18.2 Å². The number of hydrogen-bond acceptors (Lipinski definition) is 5. The van der Waals surface area contributed by atoms with Crippen molar-refractivity contribution in [1.29, 1.82) is 0 Å². The van der Waals surface area contributed by atoms with Crippen LogP contribution >= 0.6 is 0 Å². The maximum Gasteiger partial charge on any atom is 0.0819 e. The summed E-state index contributed by atoms with van der Waals surface area (Å²) in [5.41, 5.74) is 1.10. The molecule has 0 aromatic rings. The summed E-state index contributed by atoms with van der Waals surface area (Å²) in [4.78, 5) is 0. The predicted octanol–water partition coefficient (Wildman–Crippen LogP) is 1.34. The number of aliphatic hydroxyl groups is 1. The summed E-state index contributed by atoms with van der Waals surface area (Å²) in [7, 11) is 0. The van der Waals surface area contributed by atoms with Crippen molar-refractivity contribution in [3.05, 3.63) is 11.6 Å². The summed E-state index contributed by atoms with van der Waals surface area (Å²) < 4.78 is 11.4. The SMILES string of the molecule is CC(O)[C@H](C)OC1CCCC=C1C1COCCN1O. The van der Waals surface area contributed by atoms with E-state index in [2.05, 4.69) is 6.08 Å². The molecule has 0 aromatic carbocycles. The lowest BCUT2D eigenvalue weighted by atomic mass is 9.90. The molecule has 1 fully saturated rings. The first-order valence-corrected chi connectivity index (χ1v) is 7.16. The summed E-state index contributed by atoms with van der Waals surface area (Å²) in [6, 6.07) is -0.111. The fourth-order valence-electron chi connectivity index (χ4n) is 2.60. The molecule has 1 heterocycles. The monoisotopic (exact) mass is 271 g/mol. The zero-order chi connectivity index (χ0) is 13.8. The second-order valence-corrected chi connectivity index (χ2v) is 5.46. The number of rotatable bonds is 4. The van der Waals surface area contributed by atoms with Gasteiger partial charge in [0.25, 0.3) is 0 Å². The van der Waals surface area contributed by atoms with Crippen LogP contribution in [0.2, 0.25) is 0 Å². The number of hydrogen-bond donors (Lipinski definition) is 2. The van der Waals surface area contributed by atoms with E-state index in [1.54, 1.807) is 6.92 Å². The highest BCUT2D eigenvalue weighted by atomic mass is 16.5. The van der Waals surface area contributed by atoms with Gasteiger partial charge in [0.2, 0.25) is 0 Å². The van der Waals surface area contributed by atoms with Gasteiger partial charge in [-0.3, -0.25) is 0 Å². The molecule has 2 aliphatic rings. The van der Waals surface area contributed by atoms with Gasteiger partial charge in [0.05, 0.1) is 37.6 Å². The van der Waals surface area contributed by atoms with Gasteiger partial charge in [-0.05, 0) is 38.7 Å². The van der Waals surface area contributed by atoms with Crippen molar-refractivity contribution < 1.29 is 19.8 Å². The van der Waals surface area contributed by atoms with Crippen molar-refractivity contribution in [3.8, 4) is 0 Å². The van der Waals surface area contributed by atoms with E-state index in [1.807, 2.05) is 6.92 Å². The van der Waals surface area contributed by atoms with Crippen LogP contribution in [0.15, 0.2) is 11.6 Å². The molecule has 1 aliphatic heterocycles. The molecule has 0 aromatic heterocycles. The number of nitrogens with zero attached hydrogens (tertiary/aromatic N) is 1. The largest absolute Gasteiger partial charge is 0.391 e. The Morgan fingerprint density at radius 2 is 2.26 bits per heavy atom. The maximum absolute atomic E-state index is 9.99. The lowest BCUT2D eigenvalue weighted by Crippen LogP contribution is -2.48. The molecule has 0 bridgehead atoms. The van der Waals surface area contributed by atoms with Gasteiger partial charge in [0.1, 0.15) is 0 Å². The van der Waals surface area contributed by atoms with Crippen LogP contribution in [0.5, 0.6) is 0 Å². The summed E-state index contributed by atoms with van der Waals surface area (Å²) in [5.74, 6) is 0. The van der Waals surface area contributed by atoms with Crippen LogP contribution in [0.25, 0.3) is 0 Å². The molecule has 3 unspecified atom stereocenters. The number of morpholine rings is 1. The Kier molecular flexibility index (Phi) is 5.36. The van der Waals surface area contributed by atoms with Crippen molar-refractivity contribution in [2.45, 2.75) is 57.5 Å². The zero-order valence-electron chi connectivity index (χ0n) is 11.8. The van der Waals surface area contributed by atoms with E-state index in [1.165, 1.54) is 5.06 Å². The van der Waals surface area contributed by atoms with E-state index >= 15 is 0 Å². The number of aliphatic hydroxyl groups excluding tert-OH is 1. The summed E-state index contributed by atoms with van der Waals surface area (Å²) in [6.45, 7) is 5.21. The molecule has 4 atom stereocenters. The van der Waals surface area contributed by atoms with E-state index in [0.29, 0.717) is 19.8 Å². The van der Waals surface area contributed by atoms with Gasteiger partial charge in [0, 0.05) is 6.54 Å². The van der Waals surface area contributed by atoms with Gasteiger partial charge in [-0.2, -0.15) is 5.06 Å². The molecular formula is C14H25NO4. The Morgan fingerprint density at radius 3 is 2.95 bits per heavy atom. The standard InChI is InChI=1S/C14H25NO4/c1-10(16)11(2)19-14-6-4-3-5-12(14)13-9-18-8-7-15(13)17/h5,10-11,13-14,16-17H,3-4,6-9H2,1-2H3/t10?,11-,13?,14?/m0/s1. The van der Waals surface area contributed by atoms with E-state index in [9.17, 15) is 10.3 Å². The fraction of sp³-hybridized carbons (Fsp3) is 0.857. The van der Waals surface area contributed by atoms with Crippen LogP contribution in [0.3, 0.4) is 0 Å². The molecule has 0 saturated carbocycles. The number of ether oxygens (including phenoxy) is 2. The van der Waals surface area contributed by atoms with Crippen LogP contribution in [0.4, 0.5) is 0 Å². The van der Waals surface area contributed by atoms with Gasteiger partial charge in [0.15, 0.2) is 0 Å². The van der Waals surface area contributed by atoms with Gasteiger partial charge in [-0.15, -0.1) is 0 Å². The summed E-state index contributed by atoms with van der Waals surface area (Å²) >= 11 is 0. The molecular weight excluding hydrogens is 246 g/mol. The highest BCUT2D eigenvalue weighted by Crippen LogP contribution is 2.28. The van der Waals surface area contributed by atoms with Gasteiger partial charge in [-0.25, -0.2) is 0 Å². The third-order valence-corrected chi connectivity index (χ3v) is 3.97. The highest BCUT2D eigenvalue weighted by molar-refractivity contribution is 5.19. The fourth-order valence-corrected chi connectivity index (χ4v) is 2.60. The van der Waals surface area contributed by atoms with E-state index < -0.39 is 6.10 Å². The highest BCUT2D eigenvalue weighted by Gasteiger charge is 2.32. The molecule has 1 aliphatic carbocycles. The maximum atomic E-state index is 9.99. The molecule has 0 amide bonds. The molecule has 110 valence electrons. The predicted molar refractivity (Wildman–Crippen MR) is 71.0 cm³/mol. The Hall–Kier alpha value is -0.460. The van der Waals surface area contributed by atoms with Crippen LogP contribution in [0, 0.1) is 0 Å². The minimum absolute atomic E-state index is 0.0281. The van der Waals surface area contributed by atoms with Gasteiger partial charge < -0.3 is 19.8 Å². The Bertz CT molecular complexity index is 319. The molecule has 1 saturated heterocycles. The van der Waals surface area contributed by atoms with E-state index in [4.69, 9.17) is 9.47 Å². The Labute approximate surface area is 114 Å². The molecule has 2 N–H and O–H groups in total. The van der Waals surface area contributed by atoms with Crippen molar-refractivity contribution in [1.82, 2.24) is 5.06 Å². The minimum atomic E-state index is -0.490. The first-order chi connectivity index (χ1) is 9.09. The normalized spacial score (nSPS) is 32.7. The van der Waals surface area contributed by atoms with Crippen molar-refractivity contribution >= 4 is 0 Å². The van der Waals surface area contributed by atoms with Crippen molar-refractivity contribution in [2.24, 2.45) is 0 Å². The Morgan fingerprint density at radius 1 is 1.47 bits per heavy atom. The van der Waals surface area contributed by atoms with Gasteiger partial charge >= 0.3 is 0 Å². The summed E-state index contributed by atoms with van der Waals surface area (Å²) in [6.07, 6.45) is 4.47. The average Bonchev–Trinajstić information content (AvgIpc) is 2.40. The lowest BCUT2D eigenvalue weighted by Gasteiger charge is -2.38. The van der Waals surface area contributed by atoms with Crippen LogP contribution in [-0.4, -0.2) is 59.5 Å². The molecule has 5 heteroatoms. The summed E-state index contributed by atoms with van der Waals surface area (Å²) in [5, 5.41) is 20.9. The van der Waals surface area contributed by atoms with Crippen molar-refractivity contribution in [3.63, 3.8) is 0 Å². The lowest BCUT2D eigenvalue weighted by molar-refractivity contribution is -0.176. The third-order valence-electron chi connectivity index (χ3n) is 3.97. The second-order valence-electron chi connectivity index (χ2n) is 5.46. The van der Waals surface area contributed by atoms with Crippen LogP contribution in [-0.2, 0) is 9.47 Å². The van der Waals surface area contributed by atoms with Gasteiger partial charge in [-0.1, -0.05) is 6.08 Å². The molecule has 5 nitrogen and oxygen atoms in total. The molecule has 0 radical (unpaired) electrons. The third kappa shape index (κ3) is 3.77. The number of allylic oxidation sites excluding steroid dienone is 1. The van der Waals surface area contributed by atoms with Crippen molar-refractivity contribution in [2.75, 3.05) is 19.8 Å². The zero-order valence-corrected chi connectivity index (χ0v) is 11.8. The quantitative estimate of drug-likeness (QED) is 0.756. The second kappa shape index (κ2) is 6.81. The molecule has 0 spiro atoms. The molecule has 2 rings (SSSR count). The van der Waals surface area contributed by atoms with Crippen LogP contribution in [0.1, 0.15) is 33.1 Å². The smallest absolute Gasteiger partial charge is 0.0819 e.